The van der Waals surface area contributed by atoms with Crippen molar-refractivity contribution < 1.29 is 22.7 Å². The number of hydrogen-bond donors (Lipinski definition) is 1. The third-order valence-corrected chi connectivity index (χ3v) is 3.78. The van der Waals surface area contributed by atoms with Crippen LogP contribution in [-0.2, 0) is 0 Å². The van der Waals surface area contributed by atoms with Crippen molar-refractivity contribution in [2.75, 3.05) is 0 Å². The van der Waals surface area contributed by atoms with Crippen LogP contribution in [0.25, 0.3) is 20.8 Å². The van der Waals surface area contributed by atoms with Crippen LogP contribution < -0.4 is 0 Å². The molecule has 20 heavy (non-hydrogen) atoms. The number of aromatic nitrogens is 1. The van der Waals surface area contributed by atoms with Crippen LogP contribution in [0.15, 0.2) is 24.3 Å². The van der Waals surface area contributed by atoms with Crippen LogP contribution in [0.2, 0.25) is 0 Å². The molecule has 0 aliphatic rings. The van der Waals surface area contributed by atoms with E-state index in [2.05, 4.69) is 4.98 Å². The van der Waals surface area contributed by atoms with E-state index in [9.17, 15) is 22.7 Å². The number of phenols is 1. The molecule has 3 aromatic rings. The van der Waals surface area contributed by atoms with Gasteiger partial charge < -0.3 is 5.11 Å². The maximum atomic E-state index is 13.8. The van der Waals surface area contributed by atoms with Crippen molar-refractivity contribution >= 4 is 21.6 Å². The number of phenolic OH excluding ortho intramolecular Hbond substituents is 1. The number of hydrogen-bond acceptors (Lipinski definition) is 3. The molecule has 2 aromatic carbocycles. The highest BCUT2D eigenvalue weighted by Gasteiger charge is 2.21. The molecule has 1 aromatic heterocycles. The number of fused-ring (bicyclic) bond motifs is 1. The fourth-order valence-electron chi connectivity index (χ4n) is 1.76. The Bertz CT molecular complexity index is 831. The Balaban J connectivity index is 2.25. The van der Waals surface area contributed by atoms with Gasteiger partial charge in [0.1, 0.15) is 10.8 Å². The lowest BCUT2D eigenvalue weighted by Gasteiger charge is -2.03. The summed E-state index contributed by atoms with van der Waals surface area (Å²) in [6.45, 7) is 0. The van der Waals surface area contributed by atoms with Gasteiger partial charge in [-0.05, 0) is 18.2 Å². The van der Waals surface area contributed by atoms with Crippen molar-refractivity contribution in [2.24, 2.45) is 0 Å². The SMILES string of the molecule is Oc1c(F)c(F)cc(-c2nc3cc(F)ccc3s2)c1F. The van der Waals surface area contributed by atoms with Gasteiger partial charge in [0.2, 0.25) is 5.82 Å². The van der Waals surface area contributed by atoms with E-state index >= 15 is 0 Å². The van der Waals surface area contributed by atoms with Gasteiger partial charge in [-0.2, -0.15) is 4.39 Å². The minimum atomic E-state index is -1.65. The lowest BCUT2D eigenvalue weighted by atomic mass is 10.2. The summed E-state index contributed by atoms with van der Waals surface area (Å²) in [7, 11) is 0. The smallest absolute Gasteiger partial charge is 0.203 e. The van der Waals surface area contributed by atoms with Gasteiger partial charge in [0, 0.05) is 6.07 Å². The second kappa shape index (κ2) is 4.45. The van der Waals surface area contributed by atoms with Crippen molar-refractivity contribution in [3.8, 4) is 16.3 Å². The normalized spacial score (nSPS) is 11.2. The summed E-state index contributed by atoms with van der Waals surface area (Å²) in [6, 6.07) is 4.41. The minimum Gasteiger partial charge on any atom is -0.503 e. The quantitative estimate of drug-likeness (QED) is 0.539. The Kier molecular flexibility index (Phi) is 2.86. The molecule has 3 rings (SSSR count). The van der Waals surface area contributed by atoms with Gasteiger partial charge in [-0.3, -0.25) is 0 Å². The maximum Gasteiger partial charge on any atom is 0.203 e. The summed E-state index contributed by atoms with van der Waals surface area (Å²) in [5.74, 6) is -6.25. The molecule has 0 unspecified atom stereocenters. The fourth-order valence-corrected chi connectivity index (χ4v) is 2.72. The Hall–Kier alpha value is -2.15. The predicted molar refractivity (Wildman–Crippen MR) is 66.6 cm³/mol. The first kappa shape index (κ1) is 12.9. The summed E-state index contributed by atoms with van der Waals surface area (Å²) in [6.07, 6.45) is 0. The Morgan fingerprint density at radius 3 is 2.50 bits per heavy atom. The zero-order chi connectivity index (χ0) is 14.4. The number of halogens is 4. The van der Waals surface area contributed by atoms with E-state index in [-0.39, 0.29) is 16.1 Å². The first-order chi connectivity index (χ1) is 9.47. The average molecular weight is 299 g/mol. The molecule has 0 bridgehead atoms. The van der Waals surface area contributed by atoms with Crippen molar-refractivity contribution in [2.45, 2.75) is 0 Å². The summed E-state index contributed by atoms with van der Waals surface area (Å²) in [4.78, 5) is 3.95. The van der Waals surface area contributed by atoms with Crippen molar-refractivity contribution in [1.82, 2.24) is 4.98 Å². The van der Waals surface area contributed by atoms with E-state index < -0.39 is 29.0 Å². The first-order valence-electron chi connectivity index (χ1n) is 5.40. The average Bonchev–Trinajstić information content (AvgIpc) is 2.83. The van der Waals surface area contributed by atoms with E-state index in [1.54, 1.807) is 0 Å². The number of rotatable bonds is 1. The third kappa shape index (κ3) is 1.90. The van der Waals surface area contributed by atoms with Crippen molar-refractivity contribution in [1.29, 1.82) is 0 Å². The summed E-state index contributed by atoms with van der Waals surface area (Å²) in [5.41, 5.74) is -0.100. The molecule has 102 valence electrons. The maximum absolute atomic E-state index is 13.8. The van der Waals surface area contributed by atoms with Gasteiger partial charge in [0.25, 0.3) is 0 Å². The van der Waals surface area contributed by atoms with Gasteiger partial charge in [0.15, 0.2) is 17.4 Å². The van der Waals surface area contributed by atoms with Crippen LogP contribution >= 0.6 is 11.3 Å². The molecule has 2 nitrogen and oxygen atoms in total. The Labute approximate surface area is 113 Å². The largest absolute Gasteiger partial charge is 0.503 e. The molecule has 0 radical (unpaired) electrons. The van der Waals surface area contributed by atoms with Gasteiger partial charge in [-0.1, -0.05) is 0 Å². The lowest BCUT2D eigenvalue weighted by molar-refractivity contribution is 0.377. The van der Waals surface area contributed by atoms with Gasteiger partial charge in [0.05, 0.1) is 15.8 Å². The van der Waals surface area contributed by atoms with Crippen LogP contribution in [-0.4, -0.2) is 10.1 Å². The van der Waals surface area contributed by atoms with E-state index in [1.807, 2.05) is 0 Å². The highest BCUT2D eigenvalue weighted by Crippen LogP contribution is 2.36. The first-order valence-corrected chi connectivity index (χ1v) is 6.22. The third-order valence-electron chi connectivity index (χ3n) is 2.71. The number of thiazole rings is 1. The molecule has 0 saturated carbocycles. The van der Waals surface area contributed by atoms with Crippen molar-refractivity contribution in [3.63, 3.8) is 0 Å². The summed E-state index contributed by atoms with van der Waals surface area (Å²) < 4.78 is 53.6. The van der Waals surface area contributed by atoms with Crippen LogP contribution in [0.5, 0.6) is 5.75 Å². The van der Waals surface area contributed by atoms with Gasteiger partial charge in [-0.15, -0.1) is 11.3 Å². The van der Waals surface area contributed by atoms with Crippen LogP contribution in [0.4, 0.5) is 17.6 Å². The molecule has 0 atom stereocenters. The van der Waals surface area contributed by atoms with E-state index in [4.69, 9.17) is 0 Å². The molecule has 0 fully saturated rings. The molecule has 0 spiro atoms. The minimum absolute atomic E-state index is 0.0253. The highest BCUT2D eigenvalue weighted by atomic mass is 32.1. The van der Waals surface area contributed by atoms with E-state index in [1.165, 1.54) is 12.1 Å². The monoisotopic (exact) mass is 299 g/mol. The molecule has 0 aliphatic carbocycles. The van der Waals surface area contributed by atoms with Crippen LogP contribution in [0, 0.1) is 23.3 Å². The van der Waals surface area contributed by atoms with Gasteiger partial charge >= 0.3 is 0 Å². The second-order valence-electron chi connectivity index (χ2n) is 4.01. The number of benzene rings is 2. The molecule has 0 amide bonds. The zero-order valence-electron chi connectivity index (χ0n) is 9.62. The van der Waals surface area contributed by atoms with Crippen LogP contribution in [0.1, 0.15) is 0 Å². The topological polar surface area (TPSA) is 33.1 Å². The summed E-state index contributed by atoms with van der Waals surface area (Å²) >= 11 is 0.979. The second-order valence-corrected chi connectivity index (χ2v) is 5.04. The Morgan fingerprint density at radius 2 is 1.75 bits per heavy atom. The van der Waals surface area contributed by atoms with Crippen LogP contribution in [0.3, 0.4) is 0 Å². The standard InChI is InChI=1S/C13H5F4NOS/c14-5-1-2-9-8(3-5)18-13(20-9)6-4-7(15)11(17)12(19)10(6)16/h1-4,19H. The molecular formula is C13H5F4NOS. The highest BCUT2D eigenvalue weighted by molar-refractivity contribution is 7.21. The van der Waals surface area contributed by atoms with Crippen molar-refractivity contribution in [3.05, 3.63) is 47.5 Å². The van der Waals surface area contributed by atoms with E-state index in [0.717, 1.165) is 17.4 Å². The molecule has 7 heteroatoms. The van der Waals surface area contributed by atoms with E-state index in [0.29, 0.717) is 10.8 Å². The predicted octanol–water partition coefficient (Wildman–Crippen LogP) is 4.23. The number of aromatic hydroxyl groups is 1. The molecule has 0 aliphatic heterocycles. The number of nitrogens with zero attached hydrogens (tertiary/aromatic N) is 1. The van der Waals surface area contributed by atoms with Gasteiger partial charge in [-0.25, -0.2) is 18.2 Å². The lowest BCUT2D eigenvalue weighted by Crippen LogP contribution is -1.93. The molecule has 1 heterocycles. The fraction of sp³-hybridized carbons (Fsp3) is 0. The molecule has 1 N–H and O–H groups in total. The summed E-state index contributed by atoms with van der Waals surface area (Å²) in [5, 5.41) is 9.20. The molecular weight excluding hydrogens is 294 g/mol. The Morgan fingerprint density at radius 1 is 1.00 bits per heavy atom. The molecule has 0 saturated heterocycles. The zero-order valence-corrected chi connectivity index (χ0v) is 10.4.